The van der Waals surface area contributed by atoms with Gasteiger partial charge in [-0.25, -0.2) is 0 Å². The number of hydrogen-bond acceptors (Lipinski definition) is 3. The van der Waals surface area contributed by atoms with Crippen LogP contribution in [0.3, 0.4) is 0 Å². The van der Waals surface area contributed by atoms with Gasteiger partial charge in [0.15, 0.2) is 0 Å². The van der Waals surface area contributed by atoms with E-state index in [4.69, 9.17) is 0 Å². The van der Waals surface area contributed by atoms with Gasteiger partial charge in [0.1, 0.15) is 0 Å². The number of carbonyl (C=O) groups excluding carboxylic acids is 2. The highest BCUT2D eigenvalue weighted by Crippen LogP contribution is 2.61. The zero-order valence-electron chi connectivity index (χ0n) is 18.0. The van der Waals surface area contributed by atoms with E-state index >= 15 is 0 Å². The third-order valence-corrected chi connectivity index (χ3v) is 7.69. The molecule has 1 aromatic rings. The van der Waals surface area contributed by atoms with Crippen LogP contribution in [0.4, 0.5) is 0 Å². The van der Waals surface area contributed by atoms with Crippen molar-refractivity contribution in [3.63, 3.8) is 0 Å². The van der Waals surface area contributed by atoms with Crippen LogP contribution in [0.2, 0.25) is 0 Å². The molecule has 29 heavy (non-hydrogen) atoms. The standard InChI is InChI=1S/C24H35N3O2/c1-16(24-11-18-8-19(12-24)10-20(9-18)13-24)26-22(28)15-27(3)14-17-4-6-21(7-5-17)23(29)25-2/h4-7,16,18-20H,8-15H2,1-3H3,(H,25,29)(H,26,28)/t16-,18?,19?,20?,24?/m1/s1. The van der Waals surface area contributed by atoms with Gasteiger partial charge >= 0.3 is 0 Å². The second-order valence-electron chi connectivity index (χ2n) is 10.0. The van der Waals surface area contributed by atoms with Crippen molar-refractivity contribution in [2.24, 2.45) is 23.2 Å². The third kappa shape index (κ3) is 4.35. The smallest absolute Gasteiger partial charge is 0.251 e. The maximum atomic E-state index is 12.7. The lowest BCUT2D eigenvalue weighted by atomic mass is 9.48. The van der Waals surface area contributed by atoms with Crippen LogP contribution in [0, 0.1) is 23.2 Å². The molecule has 0 unspecified atom stereocenters. The lowest BCUT2D eigenvalue weighted by Gasteiger charge is -2.59. The van der Waals surface area contributed by atoms with Crippen molar-refractivity contribution in [1.82, 2.24) is 15.5 Å². The van der Waals surface area contributed by atoms with E-state index in [1.54, 1.807) is 7.05 Å². The Morgan fingerprint density at radius 1 is 1.07 bits per heavy atom. The molecule has 2 N–H and O–H groups in total. The molecule has 5 heteroatoms. The van der Waals surface area contributed by atoms with E-state index in [-0.39, 0.29) is 17.9 Å². The second-order valence-corrected chi connectivity index (χ2v) is 10.0. The third-order valence-electron chi connectivity index (χ3n) is 7.69. The Morgan fingerprint density at radius 2 is 1.62 bits per heavy atom. The number of amides is 2. The topological polar surface area (TPSA) is 61.4 Å². The van der Waals surface area contributed by atoms with Crippen LogP contribution < -0.4 is 10.6 Å². The van der Waals surface area contributed by atoms with Gasteiger partial charge in [0.2, 0.25) is 5.91 Å². The average Bonchev–Trinajstić information content (AvgIpc) is 2.66. The Kier molecular flexibility index (Phi) is 5.69. The highest BCUT2D eigenvalue weighted by Gasteiger charge is 2.53. The van der Waals surface area contributed by atoms with Crippen molar-refractivity contribution in [3.8, 4) is 0 Å². The summed E-state index contributed by atoms with van der Waals surface area (Å²) in [5.41, 5.74) is 2.10. The lowest BCUT2D eigenvalue weighted by Crippen LogP contribution is -2.56. The molecule has 1 atom stereocenters. The van der Waals surface area contributed by atoms with E-state index in [0.29, 0.717) is 24.1 Å². The van der Waals surface area contributed by atoms with Gasteiger partial charge in [0.05, 0.1) is 6.54 Å². The summed E-state index contributed by atoms with van der Waals surface area (Å²) in [5.74, 6) is 2.75. The second kappa shape index (κ2) is 8.10. The van der Waals surface area contributed by atoms with Gasteiger partial charge in [0, 0.05) is 25.2 Å². The summed E-state index contributed by atoms with van der Waals surface area (Å²) < 4.78 is 0. The van der Waals surface area contributed by atoms with Crippen molar-refractivity contribution in [3.05, 3.63) is 35.4 Å². The molecule has 0 aromatic heterocycles. The molecule has 5 nitrogen and oxygen atoms in total. The molecule has 4 aliphatic carbocycles. The molecule has 5 rings (SSSR count). The number of hydrogen-bond donors (Lipinski definition) is 2. The van der Waals surface area contributed by atoms with E-state index in [2.05, 4.69) is 17.6 Å². The van der Waals surface area contributed by atoms with E-state index < -0.39 is 0 Å². The fourth-order valence-electron chi connectivity index (χ4n) is 6.67. The first-order chi connectivity index (χ1) is 13.9. The number of carbonyl (C=O) groups is 2. The first kappa shape index (κ1) is 20.4. The van der Waals surface area contributed by atoms with Gasteiger partial charge in [-0.15, -0.1) is 0 Å². The molecule has 0 aliphatic heterocycles. The van der Waals surface area contributed by atoms with Gasteiger partial charge in [0.25, 0.3) is 5.91 Å². The van der Waals surface area contributed by atoms with Crippen LogP contribution in [0.25, 0.3) is 0 Å². The predicted octanol–water partition coefficient (Wildman–Crippen LogP) is 3.20. The summed E-state index contributed by atoms with van der Waals surface area (Å²) in [7, 11) is 3.61. The Hall–Kier alpha value is -1.88. The fourth-order valence-corrected chi connectivity index (χ4v) is 6.67. The SMILES string of the molecule is CNC(=O)c1ccc(CN(C)CC(=O)N[C@H](C)C23CC4CC(CC(C4)C2)C3)cc1. The molecule has 0 heterocycles. The molecular formula is C24H35N3O2. The molecule has 4 bridgehead atoms. The summed E-state index contributed by atoms with van der Waals surface area (Å²) in [6, 6.07) is 7.84. The van der Waals surface area contributed by atoms with E-state index in [0.717, 1.165) is 23.3 Å². The summed E-state index contributed by atoms with van der Waals surface area (Å²) in [5, 5.41) is 5.98. The van der Waals surface area contributed by atoms with Crippen LogP contribution in [0.5, 0.6) is 0 Å². The number of rotatable bonds is 7. The van der Waals surface area contributed by atoms with Crippen molar-refractivity contribution < 1.29 is 9.59 Å². The van der Waals surface area contributed by atoms with Crippen LogP contribution >= 0.6 is 0 Å². The molecule has 4 saturated carbocycles. The Morgan fingerprint density at radius 3 is 2.14 bits per heavy atom. The van der Waals surface area contributed by atoms with Crippen molar-refractivity contribution in [1.29, 1.82) is 0 Å². The summed E-state index contributed by atoms with van der Waals surface area (Å²) in [4.78, 5) is 26.4. The first-order valence-corrected chi connectivity index (χ1v) is 11.2. The van der Waals surface area contributed by atoms with Crippen molar-refractivity contribution in [2.75, 3.05) is 20.6 Å². The Balaban J connectivity index is 1.28. The van der Waals surface area contributed by atoms with Gasteiger partial charge in [-0.1, -0.05) is 12.1 Å². The van der Waals surface area contributed by atoms with Crippen LogP contribution in [-0.4, -0.2) is 43.4 Å². The van der Waals surface area contributed by atoms with Gasteiger partial charge in [-0.05, 0) is 93.4 Å². The maximum Gasteiger partial charge on any atom is 0.251 e. The molecule has 0 spiro atoms. The monoisotopic (exact) mass is 397 g/mol. The first-order valence-electron chi connectivity index (χ1n) is 11.2. The van der Waals surface area contributed by atoms with Crippen LogP contribution in [-0.2, 0) is 11.3 Å². The van der Waals surface area contributed by atoms with Crippen molar-refractivity contribution in [2.45, 2.75) is 58.0 Å². The zero-order chi connectivity index (χ0) is 20.6. The number of nitrogens with zero attached hydrogens (tertiary/aromatic N) is 1. The normalized spacial score (nSPS) is 31.0. The van der Waals surface area contributed by atoms with Gasteiger partial charge in [-0.2, -0.15) is 0 Å². The van der Waals surface area contributed by atoms with Gasteiger partial charge in [-0.3, -0.25) is 14.5 Å². The molecule has 0 saturated heterocycles. The highest BCUT2D eigenvalue weighted by atomic mass is 16.2. The molecule has 4 aliphatic rings. The lowest BCUT2D eigenvalue weighted by molar-refractivity contribution is -0.126. The number of nitrogens with one attached hydrogen (secondary N) is 2. The largest absolute Gasteiger partial charge is 0.355 e. The molecule has 0 radical (unpaired) electrons. The number of benzene rings is 1. The average molecular weight is 398 g/mol. The predicted molar refractivity (Wildman–Crippen MR) is 114 cm³/mol. The molecular weight excluding hydrogens is 362 g/mol. The molecule has 4 fully saturated rings. The van der Waals surface area contributed by atoms with E-state index in [1.165, 1.54) is 38.5 Å². The summed E-state index contributed by atoms with van der Waals surface area (Å²) in [6.45, 7) is 3.32. The maximum absolute atomic E-state index is 12.7. The van der Waals surface area contributed by atoms with E-state index in [9.17, 15) is 9.59 Å². The minimum absolute atomic E-state index is 0.0806. The minimum Gasteiger partial charge on any atom is -0.355 e. The highest BCUT2D eigenvalue weighted by molar-refractivity contribution is 5.93. The van der Waals surface area contributed by atoms with Gasteiger partial charge < -0.3 is 10.6 Å². The van der Waals surface area contributed by atoms with E-state index in [1.807, 2.05) is 36.2 Å². The quantitative estimate of drug-likeness (QED) is 0.743. The summed E-state index contributed by atoms with van der Waals surface area (Å²) >= 11 is 0. The Bertz CT molecular complexity index is 723. The zero-order valence-corrected chi connectivity index (χ0v) is 18.0. The minimum atomic E-state index is -0.0806. The molecule has 158 valence electrons. The number of likely N-dealkylation sites (N-methyl/N-ethyl adjacent to an activating group) is 1. The fraction of sp³-hybridized carbons (Fsp3) is 0.667. The Labute approximate surface area is 174 Å². The molecule has 2 amide bonds. The van der Waals surface area contributed by atoms with Crippen LogP contribution in [0.1, 0.15) is 61.4 Å². The molecule has 1 aromatic carbocycles. The van der Waals surface area contributed by atoms with Crippen molar-refractivity contribution >= 4 is 11.8 Å². The summed E-state index contributed by atoms with van der Waals surface area (Å²) in [6.07, 6.45) is 8.24. The van der Waals surface area contributed by atoms with Crippen LogP contribution in [0.15, 0.2) is 24.3 Å².